The lowest BCUT2D eigenvalue weighted by molar-refractivity contribution is 0.233. The van der Waals surface area contributed by atoms with Gasteiger partial charge in [-0.3, -0.25) is 9.78 Å². The Hall–Kier alpha value is -2.05. The van der Waals surface area contributed by atoms with Gasteiger partial charge in [-0.2, -0.15) is 0 Å². The van der Waals surface area contributed by atoms with E-state index in [-0.39, 0.29) is 30.5 Å². The van der Waals surface area contributed by atoms with Crippen molar-refractivity contribution in [1.29, 1.82) is 0 Å². The average molecular weight is 340 g/mol. The van der Waals surface area contributed by atoms with E-state index in [1.54, 1.807) is 6.92 Å². The smallest absolute Gasteiger partial charge is 0.256 e. The number of nitrogens with two attached hydrogens (primary N) is 1. The van der Waals surface area contributed by atoms with Gasteiger partial charge >= 0.3 is 0 Å². The van der Waals surface area contributed by atoms with Gasteiger partial charge in [0.05, 0.1) is 12.3 Å². The first-order valence-electron chi connectivity index (χ1n) is 7.19. The standard InChI is InChI=1S/C16H21N3O3.ClH/c1-10-8-13(22-7-3-6-20)5-4-12(10)9-14-11(2)18-16(17)19-15(14)21;/h4-5,8,20H,3,6-7,9H2,1-2H3,(H3,17,18,19,21);1H. The second-order valence-corrected chi connectivity index (χ2v) is 5.21. The first-order valence-corrected chi connectivity index (χ1v) is 7.19. The number of halogens is 1. The van der Waals surface area contributed by atoms with Crippen LogP contribution in [-0.2, 0) is 6.42 Å². The fraction of sp³-hybridized carbons (Fsp3) is 0.375. The van der Waals surface area contributed by atoms with Gasteiger partial charge in [0, 0.05) is 25.0 Å². The largest absolute Gasteiger partial charge is 0.493 e. The highest BCUT2D eigenvalue weighted by Crippen LogP contribution is 2.20. The highest BCUT2D eigenvalue weighted by molar-refractivity contribution is 5.85. The van der Waals surface area contributed by atoms with E-state index in [1.165, 1.54) is 0 Å². The number of anilines is 1. The minimum atomic E-state index is -0.201. The number of aryl methyl sites for hydroxylation is 2. The van der Waals surface area contributed by atoms with Gasteiger partial charge in [-0.05, 0) is 37.1 Å². The zero-order chi connectivity index (χ0) is 16.1. The van der Waals surface area contributed by atoms with E-state index in [2.05, 4.69) is 9.97 Å². The van der Waals surface area contributed by atoms with Gasteiger partial charge in [0.25, 0.3) is 5.56 Å². The summed E-state index contributed by atoms with van der Waals surface area (Å²) in [6.07, 6.45) is 1.10. The van der Waals surface area contributed by atoms with Crippen LogP contribution in [0.4, 0.5) is 5.95 Å². The molecular formula is C16H22ClN3O3. The van der Waals surface area contributed by atoms with Crippen LogP contribution in [0.3, 0.4) is 0 Å². The minimum absolute atomic E-state index is 0. The van der Waals surface area contributed by atoms with Crippen molar-refractivity contribution in [2.45, 2.75) is 26.7 Å². The fourth-order valence-electron chi connectivity index (χ4n) is 2.24. The van der Waals surface area contributed by atoms with Crippen molar-refractivity contribution in [2.24, 2.45) is 0 Å². The summed E-state index contributed by atoms with van der Waals surface area (Å²) in [6.45, 7) is 4.35. The fourth-order valence-corrected chi connectivity index (χ4v) is 2.24. The number of benzene rings is 1. The molecule has 0 aliphatic heterocycles. The van der Waals surface area contributed by atoms with Crippen molar-refractivity contribution in [3.8, 4) is 5.75 Å². The molecule has 4 N–H and O–H groups in total. The van der Waals surface area contributed by atoms with E-state index in [0.717, 1.165) is 16.9 Å². The van der Waals surface area contributed by atoms with Crippen LogP contribution in [0.25, 0.3) is 0 Å². The number of nitrogens with one attached hydrogen (secondary N) is 1. The Morgan fingerprint density at radius 1 is 1.35 bits per heavy atom. The number of aliphatic hydroxyl groups is 1. The van der Waals surface area contributed by atoms with E-state index in [9.17, 15) is 4.79 Å². The van der Waals surface area contributed by atoms with Gasteiger partial charge in [-0.25, -0.2) is 4.98 Å². The third-order valence-corrected chi connectivity index (χ3v) is 3.49. The molecule has 0 aliphatic rings. The molecule has 0 atom stereocenters. The molecule has 6 nitrogen and oxygen atoms in total. The molecule has 0 bridgehead atoms. The average Bonchev–Trinajstić information content (AvgIpc) is 2.45. The number of aromatic nitrogens is 2. The monoisotopic (exact) mass is 339 g/mol. The van der Waals surface area contributed by atoms with E-state index in [1.807, 2.05) is 25.1 Å². The van der Waals surface area contributed by atoms with Crippen molar-refractivity contribution >= 4 is 18.4 Å². The Kier molecular flexibility index (Phi) is 7.06. The quantitative estimate of drug-likeness (QED) is 0.696. The molecule has 2 aromatic rings. The van der Waals surface area contributed by atoms with Gasteiger partial charge < -0.3 is 15.6 Å². The molecule has 23 heavy (non-hydrogen) atoms. The topological polar surface area (TPSA) is 101 Å². The third kappa shape index (κ3) is 4.97. The molecule has 7 heteroatoms. The van der Waals surface area contributed by atoms with E-state index in [4.69, 9.17) is 15.6 Å². The molecule has 0 saturated heterocycles. The van der Waals surface area contributed by atoms with Crippen LogP contribution < -0.4 is 16.0 Å². The van der Waals surface area contributed by atoms with Crippen LogP contribution in [0.5, 0.6) is 5.75 Å². The Bertz CT molecular complexity index is 716. The number of nitrogen functional groups attached to an aromatic ring is 1. The lowest BCUT2D eigenvalue weighted by Crippen LogP contribution is -2.19. The van der Waals surface area contributed by atoms with Crippen molar-refractivity contribution in [3.63, 3.8) is 0 Å². The number of nitrogens with zero attached hydrogens (tertiary/aromatic N) is 1. The molecule has 0 spiro atoms. The van der Waals surface area contributed by atoms with Crippen LogP contribution in [0.15, 0.2) is 23.0 Å². The zero-order valence-electron chi connectivity index (χ0n) is 13.3. The first kappa shape index (κ1) is 19.0. The minimum Gasteiger partial charge on any atom is -0.493 e. The van der Waals surface area contributed by atoms with Gasteiger partial charge in [0.15, 0.2) is 0 Å². The van der Waals surface area contributed by atoms with Crippen LogP contribution >= 0.6 is 12.4 Å². The van der Waals surface area contributed by atoms with Crippen LogP contribution in [0.1, 0.15) is 28.8 Å². The first-order chi connectivity index (χ1) is 10.5. The molecule has 0 amide bonds. The summed E-state index contributed by atoms with van der Waals surface area (Å²) in [6, 6.07) is 5.74. The molecule has 0 aliphatic carbocycles. The number of hydrogen-bond acceptors (Lipinski definition) is 5. The summed E-state index contributed by atoms with van der Waals surface area (Å²) in [5, 5.41) is 8.75. The highest BCUT2D eigenvalue weighted by atomic mass is 35.5. The lowest BCUT2D eigenvalue weighted by atomic mass is 10.0. The third-order valence-electron chi connectivity index (χ3n) is 3.49. The predicted molar refractivity (Wildman–Crippen MR) is 92.4 cm³/mol. The lowest BCUT2D eigenvalue weighted by Gasteiger charge is -2.11. The summed E-state index contributed by atoms with van der Waals surface area (Å²) in [4.78, 5) is 18.6. The second-order valence-electron chi connectivity index (χ2n) is 5.21. The molecular weight excluding hydrogens is 318 g/mol. The van der Waals surface area contributed by atoms with Crippen LogP contribution in [0, 0.1) is 13.8 Å². The molecule has 0 radical (unpaired) electrons. The molecule has 1 aromatic heterocycles. The van der Waals surface area contributed by atoms with Gasteiger partial charge in [-0.1, -0.05) is 6.07 Å². The Balaban J connectivity index is 0.00000264. The molecule has 0 unspecified atom stereocenters. The Morgan fingerprint density at radius 2 is 2.09 bits per heavy atom. The van der Waals surface area contributed by atoms with Gasteiger partial charge in [0.2, 0.25) is 5.95 Å². The van der Waals surface area contributed by atoms with Crippen molar-refractivity contribution < 1.29 is 9.84 Å². The van der Waals surface area contributed by atoms with Crippen LogP contribution in [-0.4, -0.2) is 28.3 Å². The predicted octanol–water partition coefficient (Wildman–Crippen LogP) is 1.74. The van der Waals surface area contributed by atoms with Gasteiger partial charge in [-0.15, -0.1) is 12.4 Å². The number of ether oxygens (including phenoxy) is 1. The molecule has 0 fully saturated rings. The van der Waals surface area contributed by atoms with Crippen molar-refractivity contribution in [3.05, 3.63) is 50.9 Å². The summed E-state index contributed by atoms with van der Waals surface area (Å²) < 4.78 is 5.54. The highest BCUT2D eigenvalue weighted by Gasteiger charge is 2.10. The SMILES string of the molecule is Cc1cc(OCCCO)ccc1Cc1c(C)nc(N)[nH]c1=O.Cl. The Labute approximate surface area is 141 Å². The van der Waals surface area contributed by atoms with Crippen LogP contribution in [0.2, 0.25) is 0 Å². The van der Waals surface area contributed by atoms with Gasteiger partial charge in [0.1, 0.15) is 5.75 Å². The number of aliphatic hydroxyl groups excluding tert-OH is 1. The normalized spacial score (nSPS) is 10.2. The Morgan fingerprint density at radius 3 is 2.70 bits per heavy atom. The van der Waals surface area contributed by atoms with Crippen molar-refractivity contribution in [2.75, 3.05) is 18.9 Å². The summed E-state index contributed by atoms with van der Waals surface area (Å²) in [5.74, 6) is 0.895. The molecule has 1 aromatic carbocycles. The van der Waals surface area contributed by atoms with E-state index >= 15 is 0 Å². The summed E-state index contributed by atoms with van der Waals surface area (Å²) >= 11 is 0. The zero-order valence-corrected chi connectivity index (χ0v) is 14.1. The molecule has 126 valence electrons. The maximum absolute atomic E-state index is 12.0. The number of hydrogen-bond donors (Lipinski definition) is 3. The summed E-state index contributed by atoms with van der Waals surface area (Å²) in [5.41, 5.74) is 8.66. The maximum Gasteiger partial charge on any atom is 0.256 e. The molecule has 0 saturated carbocycles. The summed E-state index contributed by atoms with van der Waals surface area (Å²) in [7, 11) is 0. The number of rotatable bonds is 6. The maximum atomic E-state index is 12.0. The molecule has 2 rings (SSSR count). The van der Waals surface area contributed by atoms with E-state index < -0.39 is 0 Å². The second kappa shape index (κ2) is 8.55. The number of aromatic amines is 1. The van der Waals surface area contributed by atoms with Crippen molar-refractivity contribution in [1.82, 2.24) is 9.97 Å². The molecule has 1 heterocycles. The number of H-pyrrole nitrogens is 1. The van der Waals surface area contributed by atoms with E-state index in [0.29, 0.717) is 30.7 Å².